The van der Waals surface area contributed by atoms with Crippen molar-refractivity contribution in [2.75, 3.05) is 33.3 Å². The lowest BCUT2D eigenvalue weighted by molar-refractivity contribution is -0.136. The highest BCUT2D eigenvalue weighted by molar-refractivity contribution is 7.17. The molecule has 3 heterocycles. The van der Waals surface area contributed by atoms with E-state index in [0.29, 0.717) is 23.5 Å². The standard InChI is InChI=1S/C36H45N5O6S/c1-23(2)19-29-36(46)41(4)18-17-37-32(43)22-47-27-14-12-25(13-15-27)21-28(34(44)38-16-8-11-31(42)39-29)40-35(45)30-20-24(3)33(48-30)26-9-6-5-7-10-26/h5-7,9-10,12-15,20,23,28-29H,8,11,16-19,21-22H2,1-4H3,(H,37,43)(H,38,44)(H,39,42)(H,40,45)/t28-,29-/m0/s1. The second-order valence-corrected chi connectivity index (χ2v) is 13.5. The number of fused-ring (bicyclic) bond motifs is 19. The fourth-order valence-electron chi connectivity index (χ4n) is 5.35. The van der Waals surface area contributed by atoms with E-state index in [1.165, 1.54) is 16.2 Å². The molecular weight excluding hydrogens is 630 g/mol. The first-order chi connectivity index (χ1) is 23.0. The Morgan fingerprint density at radius 1 is 1.00 bits per heavy atom. The summed E-state index contributed by atoms with van der Waals surface area (Å²) in [4.78, 5) is 68.3. The van der Waals surface area contributed by atoms with Crippen LogP contribution in [0.5, 0.6) is 5.75 Å². The van der Waals surface area contributed by atoms with Crippen LogP contribution in [0.2, 0.25) is 0 Å². The van der Waals surface area contributed by atoms with Crippen molar-refractivity contribution in [3.63, 3.8) is 0 Å². The number of thiophene rings is 1. The largest absolute Gasteiger partial charge is 0.484 e. The quantitative estimate of drug-likeness (QED) is 0.305. The summed E-state index contributed by atoms with van der Waals surface area (Å²) in [6.07, 6.45) is 1.12. The Morgan fingerprint density at radius 2 is 1.73 bits per heavy atom. The Balaban J connectivity index is 1.50. The molecule has 48 heavy (non-hydrogen) atoms. The van der Waals surface area contributed by atoms with Crippen molar-refractivity contribution >= 4 is 40.9 Å². The smallest absolute Gasteiger partial charge is 0.262 e. The first-order valence-corrected chi connectivity index (χ1v) is 17.1. The Labute approximate surface area is 285 Å². The number of likely N-dealkylation sites (N-methyl/N-ethyl adjacent to an activating group) is 1. The van der Waals surface area contributed by atoms with E-state index in [9.17, 15) is 24.0 Å². The maximum absolute atomic E-state index is 13.5. The van der Waals surface area contributed by atoms with Crippen LogP contribution in [-0.2, 0) is 25.6 Å². The Kier molecular flexibility index (Phi) is 13.1. The monoisotopic (exact) mass is 675 g/mol. The van der Waals surface area contributed by atoms with Gasteiger partial charge in [0.15, 0.2) is 6.61 Å². The average Bonchev–Trinajstić information content (AvgIpc) is 3.46. The molecule has 2 bridgehead atoms. The van der Waals surface area contributed by atoms with E-state index >= 15 is 0 Å². The molecule has 2 aliphatic rings. The number of nitrogens with one attached hydrogen (secondary N) is 4. The van der Waals surface area contributed by atoms with Gasteiger partial charge in [0.2, 0.25) is 17.7 Å². The molecule has 0 spiro atoms. The molecule has 0 fully saturated rings. The minimum Gasteiger partial charge on any atom is -0.484 e. The summed E-state index contributed by atoms with van der Waals surface area (Å²) in [6, 6.07) is 17.0. The topological polar surface area (TPSA) is 146 Å². The minimum atomic E-state index is -0.895. The Morgan fingerprint density at radius 3 is 2.44 bits per heavy atom. The molecule has 11 nitrogen and oxygen atoms in total. The molecule has 5 rings (SSSR count). The third kappa shape index (κ3) is 10.7. The van der Waals surface area contributed by atoms with Crippen molar-refractivity contribution in [3.8, 4) is 16.2 Å². The van der Waals surface area contributed by atoms with Gasteiger partial charge in [-0.1, -0.05) is 56.3 Å². The molecule has 2 atom stereocenters. The van der Waals surface area contributed by atoms with Crippen molar-refractivity contribution in [1.82, 2.24) is 26.2 Å². The van der Waals surface area contributed by atoms with Crippen LogP contribution in [0.25, 0.3) is 10.4 Å². The van der Waals surface area contributed by atoms with Gasteiger partial charge in [-0.05, 0) is 60.6 Å². The normalized spacial score (nSPS) is 19.0. The molecule has 4 N–H and O–H groups in total. The van der Waals surface area contributed by atoms with Crippen LogP contribution in [-0.4, -0.2) is 79.8 Å². The SMILES string of the molecule is Cc1cc(C(=O)N[C@H]2Cc3ccc(cc3)OCC(=O)NCCN(C)C(=O)[C@H](CC(C)C)NC(=O)CCCNC2=O)sc1-c1ccccc1. The summed E-state index contributed by atoms with van der Waals surface area (Å²) in [5.41, 5.74) is 2.76. The third-order valence-electron chi connectivity index (χ3n) is 7.90. The number of nitrogens with zero attached hydrogens (tertiary/aromatic N) is 1. The zero-order valence-corrected chi connectivity index (χ0v) is 28.8. The van der Waals surface area contributed by atoms with Crippen LogP contribution < -0.4 is 26.0 Å². The fourth-order valence-corrected chi connectivity index (χ4v) is 6.43. The highest BCUT2D eigenvalue weighted by Gasteiger charge is 2.26. The predicted octanol–water partition coefficient (Wildman–Crippen LogP) is 3.46. The molecule has 12 heteroatoms. The summed E-state index contributed by atoms with van der Waals surface area (Å²) >= 11 is 1.37. The molecule has 0 saturated heterocycles. The van der Waals surface area contributed by atoms with E-state index in [4.69, 9.17) is 4.74 Å². The van der Waals surface area contributed by atoms with Gasteiger partial charge >= 0.3 is 0 Å². The lowest BCUT2D eigenvalue weighted by Gasteiger charge is -2.26. The van der Waals surface area contributed by atoms with Crippen molar-refractivity contribution in [1.29, 1.82) is 0 Å². The van der Waals surface area contributed by atoms with Crippen molar-refractivity contribution in [2.24, 2.45) is 5.92 Å². The average molecular weight is 676 g/mol. The summed E-state index contributed by atoms with van der Waals surface area (Å²) in [7, 11) is 1.64. The summed E-state index contributed by atoms with van der Waals surface area (Å²) in [5, 5.41) is 11.4. The van der Waals surface area contributed by atoms with Crippen LogP contribution in [0.4, 0.5) is 0 Å². The van der Waals surface area contributed by atoms with Crippen LogP contribution >= 0.6 is 11.3 Å². The summed E-state index contributed by atoms with van der Waals surface area (Å²) < 4.78 is 5.64. The fraction of sp³-hybridized carbons (Fsp3) is 0.417. The van der Waals surface area contributed by atoms with Crippen LogP contribution in [0, 0.1) is 12.8 Å². The second-order valence-electron chi connectivity index (χ2n) is 12.4. The van der Waals surface area contributed by atoms with E-state index in [1.807, 2.05) is 57.2 Å². The zero-order valence-electron chi connectivity index (χ0n) is 28.0. The summed E-state index contributed by atoms with van der Waals surface area (Å²) in [6.45, 7) is 6.40. The van der Waals surface area contributed by atoms with E-state index in [-0.39, 0.29) is 74.5 Å². The zero-order chi connectivity index (χ0) is 34.6. The van der Waals surface area contributed by atoms with Crippen molar-refractivity contribution < 1.29 is 28.7 Å². The van der Waals surface area contributed by atoms with Crippen LogP contribution in [0.1, 0.15) is 53.9 Å². The maximum Gasteiger partial charge on any atom is 0.262 e. The van der Waals surface area contributed by atoms with Gasteiger partial charge in [-0.15, -0.1) is 11.3 Å². The van der Waals surface area contributed by atoms with E-state index < -0.39 is 12.1 Å². The van der Waals surface area contributed by atoms with Crippen LogP contribution in [0.3, 0.4) is 0 Å². The van der Waals surface area contributed by atoms with Crippen molar-refractivity contribution in [2.45, 2.75) is 58.5 Å². The maximum atomic E-state index is 13.5. The first kappa shape index (κ1) is 36.1. The summed E-state index contributed by atoms with van der Waals surface area (Å²) in [5.74, 6) is -0.982. The molecule has 0 saturated carbocycles. The third-order valence-corrected chi connectivity index (χ3v) is 9.18. The molecule has 5 amide bonds. The first-order valence-electron chi connectivity index (χ1n) is 16.3. The molecule has 1 aromatic heterocycles. The van der Waals surface area contributed by atoms with Crippen molar-refractivity contribution in [3.05, 3.63) is 76.7 Å². The number of hydrogen-bond acceptors (Lipinski definition) is 7. The number of aryl methyl sites for hydroxylation is 1. The lowest BCUT2D eigenvalue weighted by atomic mass is 10.0. The highest BCUT2D eigenvalue weighted by atomic mass is 32.1. The van der Waals surface area contributed by atoms with Gasteiger partial charge in [-0.2, -0.15) is 0 Å². The molecule has 256 valence electrons. The van der Waals surface area contributed by atoms with E-state index in [0.717, 1.165) is 21.6 Å². The molecule has 2 aliphatic heterocycles. The second kappa shape index (κ2) is 17.4. The molecular formula is C36H45N5O6S. The van der Waals surface area contributed by atoms with Gasteiger partial charge in [0.05, 0.1) is 4.88 Å². The van der Waals surface area contributed by atoms with Gasteiger partial charge in [0.25, 0.3) is 11.8 Å². The number of carbonyl (C=O) groups excluding carboxylic acids is 5. The Bertz CT molecular complexity index is 1570. The van der Waals surface area contributed by atoms with Gasteiger partial charge in [0, 0.05) is 44.4 Å². The number of benzene rings is 2. The molecule has 0 unspecified atom stereocenters. The number of ether oxygens (including phenoxy) is 1. The van der Waals surface area contributed by atoms with Gasteiger partial charge in [-0.3, -0.25) is 24.0 Å². The lowest BCUT2D eigenvalue weighted by Crippen LogP contribution is -2.50. The number of carbonyl (C=O) groups is 5. The van der Waals surface area contributed by atoms with Gasteiger partial charge in [0.1, 0.15) is 17.8 Å². The molecule has 0 aliphatic carbocycles. The van der Waals surface area contributed by atoms with Crippen LogP contribution in [0.15, 0.2) is 60.7 Å². The molecule has 0 radical (unpaired) electrons. The van der Waals surface area contributed by atoms with E-state index in [1.54, 1.807) is 31.3 Å². The highest BCUT2D eigenvalue weighted by Crippen LogP contribution is 2.32. The Hall–Kier alpha value is -4.71. The van der Waals surface area contributed by atoms with Gasteiger partial charge < -0.3 is 30.9 Å². The predicted molar refractivity (Wildman–Crippen MR) is 186 cm³/mol. The molecule has 3 aromatic rings. The number of rotatable bonds is 5. The van der Waals surface area contributed by atoms with Gasteiger partial charge in [-0.25, -0.2) is 0 Å². The van der Waals surface area contributed by atoms with E-state index in [2.05, 4.69) is 21.3 Å². The number of hydrogen-bond donors (Lipinski definition) is 4. The molecule has 2 aromatic carbocycles. The number of amides is 5. The minimum absolute atomic E-state index is 0.108.